The molecule has 0 bridgehead atoms. The molecule has 1 aromatic carbocycles. The van der Waals surface area contributed by atoms with Gasteiger partial charge >= 0.3 is 6.03 Å². The van der Waals surface area contributed by atoms with Crippen molar-refractivity contribution >= 4 is 6.03 Å². The van der Waals surface area contributed by atoms with Crippen LogP contribution in [-0.4, -0.2) is 23.8 Å². The molecule has 0 spiro atoms. The molecule has 4 heteroatoms. The van der Waals surface area contributed by atoms with Gasteiger partial charge in [0, 0.05) is 13.1 Å². The summed E-state index contributed by atoms with van der Waals surface area (Å²) in [5.74, 6) is 0. The van der Waals surface area contributed by atoms with E-state index < -0.39 is 6.10 Å². The Morgan fingerprint density at radius 1 is 1.33 bits per heavy atom. The minimum atomic E-state index is -0.521. The number of nitrogens with one attached hydrogen (secondary N) is 2. The Labute approximate surface area is 89.3 Å². The summed E-state index contributed by atoms with van der Waals surface area (Å²) < 4.78 is 0. The normalized spacial score (nSPS) is 11.9. The number of hydrogen-bond acceptors (Lipinski definition) is 2. The van der Waals surface area contributed by atoms with Crippen LogP contribution < -0.4 is 10.6 Å². The van der Waals surface area contributed by atoms with Gasteiger partial charge < -0.3 is 15.7 Å². The highest BCUT2D eigenvalue weighted by Crippen LogP contribution is 1.96. The van der Waals surface area contributed by atoms with Gasteiger partial charge in [-0.1, -0.05) is 30.3 Å². The molecule has 0 saturated heterocycles. The molecule has 3 N–H and O–H groups in total. The zero-order chi connectivity index (χ0) is 11.1. The van der Waals surface area contributed by atoms with Crippen LogP contribution >= 0.6 is 0 Å². The summed E-state index contributed by atoms with van der Waals surface area (Å²) >= 11 is 0. The molecule has 2 amide bonds. The summed E-state index contributed by atoms with van der Waals surface area (Å²) in [6, 6.07) is 9.39. The summed E-state index contributed by atoms with van der Waals surface area (Å²) in [6.45, 7) is 2.38. The van der Waals surface area contributed by atoms with Crippen molar-refractivity contribution in [2.24, 2.45) is 0 Å². The van der Waals surface area contributed by atoms with Gasteiger partial charge in [0.05, 0.1) is 6.10 Å². The standard InChI is InChI=1S/C11H16N2O2/c1-9(14)7-12-11(15)13-8-10-5-3-2-4-6-10/h2-6,9,14H,7-8H2,1H3,(H2,12,13,15). The summed E-state index contributed by atoms with van der Waals surface area (Å²) in [5, 5.41) is 14.2. The van der Waals surface area contributed by atoms with Crippen molar-refractivity contribution in [3.05, 3.63) is 35.9 Å². The van der Waals surface area contributed by atoms with E-state index in [0.717, 1.165) is 5.56 Å². The Kier molecular flexibility index (Phi) is 4.63. The molecule has 4 nitrogen and oxygen atoms in total. The van der Waals surface area contributed by atoms with Gasteiger partial charge in [-0.05, 0) is 12.5 Å². The van der Waals surface area contributed by atoms with Gasteiger partial charge in [0.1, 0.15) is 0 Å². The van der Waals surface area contributed by atoms with Gasteiger partial charge in [-0.25, -0.2) is 4.79 Å². The summed E-state index contributed by atoms with van der Waals surface area (Å²) in [4.78, 5) is 11.2. The van der Waals surface area contributed by atoms with Crippen molar-refractivity contribution in [3.63, 3.8) is 0 Å². The van der Waals surface area contributed by atoms with Gasteiger partial charge in [-0.2, -0.15) is 0 Å². The Morgan fingerprint density at radius 2 is 2.00 bits per heavy atom. The van der Waals surface area contributed by atoms with E-state index in [1.54, 1.807) is 6.92 Å². The highest BCUT2D eigenvalue weighted by molar-refractivity contribution is 5.73. The van der Waals surface area contributed by atoms with E-state index in [2.05, 4.69) is 10.6 Å². The van der Waals surface area contributed by atoms with Crippen molar-refractivity contribution in [1.29, 1.82) is 0 Å². The van der Waals surface area contributed by atoms with Crippen LogP contribution in [0.15, 0.2) is 30.3 Å². The lowest BCUT2D eigenvalue weighted by Crippen LogP contribution is -2.38. The maximum Gasteiger partial charge on any atom is 0.315 e. The van der Waals surface area contributed by atoms with Crippen molar-refractivity contribution in [2.75, 3.05) is 6.54 Å². The second kappa shape index (κ2) is 6.03. The summed E-state index contributed by atoms with van der Waals surface area (Å²) in [5.41, 5.74) is 1.05. The number of urea groups is 1. The van der Waals surface area contributed by atoms with E-state index in [1.165, 1.54) is 0 Å². The number of carbonyl (C=O) groups is 1. The van der Waals surface area contributed by atoms with Crippen LogP contribution in [0.5, 0.6) is 0 Å². The van der Waals surface area contributed by atoms with Crippen LogP contribution in [-0.2, 0) is 6.54 Å². The van der Waals surface area contributed by atoms with Crippen LogP contribution in [0.3, 0.4) is 0 Å². The fraction of sp³-hybridized carbons (Fsp3) is 0.364. The van der Waals surface area contributed by atoms with E-state index in [0.29, 0.717) is 6.54 Å². The minimum Gasteiger partial charge on any atom is -0.392 e. The molecule has 0 aliphatic rings. The molecule has 15 heavy (non-hydrogen) atoms. The molecular weight excluding hydrogens is 192 g/mol. The fourth-order valence-electron chi connectivity index (χ4n) is 1.08. The second-order valence-corrected chi connectivity index (χ2v) is 3.40. The number of rotatable bonds is 4. The largest absolute Gasteiger partial charge is 0.392 e. The molecule has 0 aromatic heterocycles. The molecule has 0 aliphatic carbocycles. The van der Waals surface area contributed by atoms with E-state index in [1.807, 2.05) is 30.3 Å². The SMILES string of the molecule is CC(O)CNC(=O)NCc1ccccc1. The fourth-order valence-corrected chi connectivity index (χ4v) is 1.08. The van der Waals surface area contributed by atoms with E-state index in [9.17, 15) is 4.79 Å². The zero-order valence-corrected chi connectivity index (χ0v) is 8.73. The molecule has 1 atom stereocenters. The van der Waals surface area contributed by atoms with Gasteiger partial charge in [0.25, 0.3) is 0 Å². The number of benzene rings is 1. The number of aliphatic hydroxyl groups excluding tert-OH is 1. The van der Waals surface area contributed by atoms with Crippen molar-refractivity contribution < 1.29 is 9.90 Å². The quantitative estimate of drug-likeness (QED) is 0.687. The maximum atomic E-state index is 11.2. The predicted molar refractivity (Wildman–Crippen MR) is 58.4 cm³/mol. The number of hydrogen-bond donors (Lipinski definition) is 3. The Hall–Kier alpha value is -1.55. The summed E-state index contributed by atoms with van der Waals surface area (Å²) in [7, 11) is 0. The van der Waals surface area contributed by atoms with Crippen LogP contribution in [0.1, 0.15) is 12.5 Å². The molecule has 0 aliphatic heterocycles. The average Bonchev–Trinajstić information content (AvgIpc) is 2.25. The van der Waals surface area contributed by atoms with E-state index in [-0.39, 0.29) is 12.6 Å². The third-order valence-electron chi connectivity index (χ3n) is 1.85. The lowest BCUT2D eigenvalue weighted by molar-refractivity contribution is 0.187. The van der Waals surface area contributed by atoms with Gasteiger partial charge in [-0.3, -0.25) is 0 Å². The van der Waals surface area contributed by atoms with Crippen LogP contribution in [0.25, 0.3) is 0 Å². The lowest BCUT2D eigenvalue weighted by atomic mass is 10.2. The smallest absolute Gasteiger partial charge is 0.315 e. The number of aliphatic hydroxyl groups is 1. The minimum absolute atomic E-state index is 0.264. The molecular formula is C11H16N2O2. The van der Waals surface area contributed by atoms with Crippen LogP contribution in [0, 0.1) is 0 Å². The first-order chi connectivity index (χ1) is 7.18. The maximum absolute atomic E-state index is 11.2. The Balaban J connectivity index is 2.23. The highest BCUT2D eigenvalue weighted by Gasteiger charge is 2.01. The third kappa shape index (κ3) is 5.02. The van der Waals surface area contributed by atoms with E-state index >= 15 is 0 Å². The lowest BCUT2D eigenvalue weighted by Gasteiger charge is -2.08. The van der Waals surface area contributed by atoms with Crippen molar-refractivity contribution in [3.8, 4) is 0 Å². The first-order valence-corrected chi connectivity index (χ1v) is 4.92. The van der Waals surface area contributed by atoms with Crippen LogP contribution in [0.2, 0.25) is 0 Å². The number of carbonyl (C=O) groups excluding carboxylic acids is 1. The van der Waals surface area contributed by atoms with Gasteiger partial charge in [0.2, 0.25) is 0 Å². The van der Waals surface area contributed by atoms with Crippen molar-refractivity contribution in [1.82, 2.24) is 10.6 Å². The molecule has 82 valence electrons. The first kappa shape index (κ1) is 11.5. The molecule has 0 fully saturated rings. The first-order valence-electron chi connectivity index (χ1n) is 4.92. The molecule has 1 aromatic rings. The van der Waals surface area contributed by atoms with Gasteiger partial charge in [0.15, 0.2) is 0 Å². The Morgan fingerprint density at radius 3 is 2.60 bits per heavy atom. The van der Waals surface area contributed by atoms with E-state index in [4.69, 9.17) is 5.11 Å². The van der Waals surface area contributed by atoms with Crippen LogP contribution in [0.4, 0.5) is 4.79 Å². The predicted octanol–water partition coefficient (Wildman–Crippen LogP) is 0.867. The molecule has 1 rings (SSSR count). The highest BCUT2D eigenvalue weighted by atomic mass is 16.3. The second-order valence-electron chi connectivity index (χ2n) is 3.40. The number of amides is 2. The molecule has 1 unspecified atom stereocenters. The Bertz CT molecular complexity index is 299. The molecule has 0 saturated carbocycles. The topological polar surface area (TPSA) is 61.4 Å². The summed E-state index contributed by atoms with van der Waals surface area (Å²) in [6.07, 6.45) is -0.521. The van der Waals surface area contributed by atoms with Gasteiger partial charge in [-0.15, -0.1) is 0 Å². The monoisotopic (exact) mass is 208 g/mol. The zero-order valence-electron chi connectivity index (χ0n) is 8.73. The average molecular weight is 208 g/mol. The molecule has 0 radical (unpaired) electrons. The molecule has 0 heterocycles. The third-order valence-corrected chi connectivity index (χ3v) is 1.85. The van der Waals surface area contributed by atoms with Crippen molar-refractivity contribution in [2.45, 2.75) is 19.6 Å².